The van der Waals surface area contributed by atoms with E-state index in [4.69, 9.17) is 11.6 Å². The van der Waals surface area contributed by atoms with Crippen LogP contribution in [0, 0.1) is 0 Å². The summed E-state index contributed by atoms with van der Waals surface area (Å²) in [6.45, 7) is 0. The molecule has 0 spiro atoms. The van der Waals surface area contributed by atoms with Crippen LogP contribution >= 0.6 is 34.3 Å². The number of carbonyl (C=O) groups excluding carboxylic acids is 1. The summed E-state index contributed by atoms with van der Waals surface area (Å²) in [4.78, 5) is 14.0. The van der Waals surface area contributed by atoms with Gasteiger partial charge in [0.05, 0.1) is 9.21 Å². The number of hydrogen-bond donors (Lipinski definition) is 0. The molecule has 3 rings (SSSR count). The first-order chi connectivity index (χ1) is 8.72. The van der Waals surface area contributed by atoms with E-state index in [1.165, 1.54) is 11.3 Å². The zero-order chi connectivity index (χ0) is 12.5. The largest absolute Gasteiger partial charge is 0.293 e. The lowest BCUT2D eigenvalue weighted by Gasteiger charge is -1.93. The number of halogens is 1. The van der Waals surface area contributed by atoms with Crippen LogP contribution < -0.4 is 0 Å². The van der Waals surface area contributed by atoms with Crippen LogP contribution in [0.3, 0.4) is 0 Å². The van der Waals surface area contributed by atoms with E-state index < -0.39 is 0 Å². The van der Waals surface area contributed by atoms with Gasteiger partial charge in [0.2, 0.25) is 0 Å². The second kappa shape index (κ2) is 4.84. The van der Waals surface area contributed by atoms with E-state index in [0.29, 0.717) is 6.42 Å². The van der Waals surface area contributed by atoms with Crippen molar-refractivity contribution in [1.29, 1.82) is 0 Å². The highest BCUT2D eigenvalue weighted by molar-refractivity contribution is 7.21. The smallest absolute Gasteiger partial charge is 0.178 e. The molecule has 90 valence electrons. The predicted molar refractivity (Wildman–Crippen MR) is 79.2 cm³/mol. The summed E-state index contributed by atoms with van der Waals surface area (Å²) >= 11 is 8.88. The van der Waals surface area contributed by atoms with E-state index in [0.717, 1.165) is 24.2 Å². The van der Waals surface area contributed by atoms with Crippen LogP contribution in [-0.2, 0) is 6.42 Å². The van der Waals surface area contributed by atoms with E-state index in [1.54, 1.807) is 11.3 Å². The molecule has 0 radical (unpaired) electrons. The minimum atomic E-state index is 0.162. The zero-order valence-electron chi connectivity index (χ0n) is 9.35. The summed E-state index contributed by atoms with van der Waals surface area (Å²) in [6, 6.07) is 13.8. The molecule has 1 aromatic carbocycles. The fraction of sp³-hybridized carbons (Fsp3) is 0.0714. The van der Waals surface area contributed by atoms with Crippen LogP contribution in [-0.4, -0.2) is 5.78 Å². The molecule has 4 heteroatoms. The molecule has 0 aliphatic heterocycles. The van der Waals surface area contributed by atoms with Gasteiger partial charge in [0.1, 0.15) is 0 Å². The number of hydrogen-bond acceptors (Lipinski definition) is 3. The summed E-state index contributed by atoms with van der Waals surface area (Å²) in [5, 5.41) is 1.13. The molecule has 0 amide bonds. The van der Waals surface area contributed by atoms with Gasteiger partial charge in [0, 0.05) is 16.0 Å². The van der Waals surface area contributed by atoms with Crippen molar-refractivity contribution in [3.63, 3.8) is 0 Å². The number of ketones is 1. The van der Waals surface area contributed by atoms with Gasteiger partial charge in [-0.2, -0.15) is 0 Å². The quantitative estimate of drug-likeness (QED) is 0.618. The molecular weight excluding hydrogens is 284 g/mol. The van der Waals surface area contributed by atoms with E-state index in [1.807, 2.05) is 42.5 Å². The van der Waals surface area contributed by atoms with Crippen LogP contribution in [0.2, 0.25) is 4.34 Å². The van der Waals surface area contributed by atoms with Crippen molar-refractivity contribution in [3.05, 3.63) is 56.6 Å². The Hall–Kier alpha value is -1.16. The second-order valence-electron chi connectivity index (χ2n) is 3.95. The third kappa shape index (κ3) is 2.34. The molecule has 3 aromatic rings. The molecule has 0 saturated carbocycles. The van der Waals surface area contributed by atoms with Crippen molar-refractivity contribution in [3.8, 4) is 0 Å². The topological polar surface area (TPSA) is 17.1 Å². The molecule has 0 bridgehead atoms. The molecule has 18 heavy (non-hydrogen) atoms. The highest BCUT2D eigenvalue weighted by atomic mass is 35.5. The minimum Gasteiger partial charge on any atom is -0.293 e. The molecule has 0 unspecified atom stereocenters. The Kier molecular flexibility index (Phi) is 3.20. The summed E-state index contributed by atoms with van der Waals surface area (Å²) in [5.41, 5.74) is 0. The van der Waals surface area contributed by atoms with Gasteiger partial charge in [-0.25, -0.2) is 0 Å². The van der Waals surface area contributed by atoms with Gasteiger partial charge in [-0.15, -0.1) is 22.7 Å². The zero-order valence-corrected chi connectivity index (χ0v) is 11.7. The second-order valence-corrected chi connectivity index (χ2v) is 6.84. The number of carbonyl (C=O) groups is 1. The third-order valence-electron chi connectivity index (χ3n) is 2.66. The summed E-state index contributed by atoms with van der Waals surface area (Å²) in [6.07, 6.45) is 0.435. The molecule has 2 aromatic heterocycles. The fourth-order valence-corrected chi connectivity index (χ4v) is 3.90. The maximum atomic E-state index is 12.2. The van der Waals surface area contributed by atoms with Gasteiger partial charge in [-0.3, -0.25) is 4.79 Å². The Morgan fingerprint density at radius 2 is 1.94 bits per heavy atom. The van der Waals surface area contributed by atoms with Crippen LogP contribution in [0.5, 0.6) is 0 Å². The van der Waals surface area contributed by atoms with Gasteiger partial charge in [-0.05, 0) is 29.7 Å². The van der Waals surface area contributed by atoms with E-state index >= 15 is 0 Å². The predicted octanol–water partition coefficient (Wildman–Crippen LogP) is 5.04. The van der Waals surface area contributed by atoms with Crippen molar-refractivity contribution >= 4 is 50.1 Å². The number of thiophene rings is 2. The molecule has 1 nitrogen and oxygen atoms in total. The first-order valence-electron chi connectivity index (χ1n) is 5.48. The molecular formula is C14H9ClOS2. The normalized spacial score (nSPS) is 10.9. The van der Waals surface area contributed by atoms with Crippen molar-refractivity contribution in [2.75, 3.05) is 0 Å². The summed E-state index contributed by atoms with van der Waals surface area (Å²) < 4.78 is 1.89. The Balaban J connectivity index is 1.87. The molecule has 0 saturated heterocycles. The lowest BCUT2D eigenvalue weighted by molar-refractivity contribution is 0.0998. The summed E-state index contributed by atoms with van der Waals surface area (Å²) in [5.74, 6) is 0.162. The van der Waals surface area contributed by atoms with Gasteiger partial charge >= 0.3 is 0 Å². The van der Waals surface area contributed by atoms with Crippen molar-refractivity contribution in [2.24, 2.45) is 0 Å². The van der Waals surface area contributed by atoms with E-state index in [9.17, 15) is 4.79 Å². The first kappa shape index (κ1) is 11.9. The van der Waals surface area contributed by atoms with E-state index in [-0.39, 0.29) is 5.78 Å². The Bertz CT molecular complexity index is 678. The van der Waals surface area contributed by atoms with Gasteiger partial charge in [0.15, 0.2) is 5.78 Å². The molecule has 2 heterocycles. The summed E-state index contributed by atoms with van der Waals surface area (Å²) in [7, 11) is 0. The molecule has 0 fully saturated rings. The van der Waals surface area contributed by atoms with Crippen LogP contribution in [0.1, 0.15) is 14.5 Å². The van der Waals surface area contributed by atoms with Crippen LogP contribution in [0.25, 0.3) is 10.1 Å². The highest BCUT2D eigenvalue weighted by Crippen LogP contribution is 2.28. The standard InChI is InChI=1S/C14H9ClOS2/c15-14-6-5-10(17-14)8-11(16)13-7-9-3-1-2-4-12(9)18-13/h1-7H,8H2. The van der Waals surface area contributed by atoms with Crippen LogP contribution in [0.4, 0.5) is 0 Å². The Labute approximate surface area is 118 Å². The molecule has 0 aliphatic rings. The highest BCUT2D eigenvalue weighted by Gasteiger charge is 2.12. The fourth-order valence-electron chi connectivity index (χ4n) is 1.81. The average Bonchev–Trinajstić information content (AvgIpc) is 2.95. The Morgan fingerprint density at radius 1 is 1.11 bits per heavy atom. The minimum absolute atomic E-state index is 0.162. The molecule has 0 aliphatic carbocycles. The third-order valence-corrected chi connectivity index (χ3v) is 5.05. The van der Waals surface area contributed by atoms with Gasteiger partial charge < -0.3 is 0 Å². The van der Waals surface area contributed by atoms with Crippen molar-refractivity contribution in [1.82, 2.24) is 0 Å². The van der Waals surface area contributed by atoms with Gasteiger partial charge in [0.25, 0.3) is 0 Å². The number of rotatable bonds is 3. The number of Topliss-reactive ketones (excluding diaryl/α,β-unsaturated/α-hetero) is 1. The van der Waals surface area contributed by atoms with Crippen molar-refractivity contribution in [2.45, 2.75) is 6.42 Å². The van der Waals surface area contributed by atoms with E-state index in [2.05, 4.69) is 0 Å². The van der Waals surface area contributed by atoms with Crippen molar-refractivity contribution < 1.29 is 4.79 Å². The number of benzene rings is 1. The lowest BCUT2D eigenvalue weighted by Crippen LogP contribution is -1.98. The SMILES string of the molecule is O=C(Cc1ccc(Cl)s1)c1cc2ccccc2s1. The first-order valence-corrected chi connectivity index (χ1v) is 7.49. The molecule has 0 atom stereocenters. The monoisotopic (exact) mass is 292 g/mol. The Morgan fingerprint density at radius 3 is 2.67 bits per heavy atom. The van der Waals surface area contributed by atoms with Crippen LogP contribution in [0.15, 0.2) is 42.5 Å². The van der Waals surface area contributed by atoms with Gasteiger partial charge in [-0.1, -0.05) is 29.8 Å². The number of fused-ring (bicyclic) bond motifs is 1. The molecule has 0 N–H and O–H groups in total. The maximum Gasteiger partial charge on any atom is 0.178 e. The average molecular weight is 293 g/mol. The lowest BCUT2D eigenvalue weighted by atomic mass is 10.2. The maximum absolute atomic E-state index is 12.2.